The van der Waals surface area contributed by atoms with E-state index in [1.807, 2.05) is 0 Å². The van der Waals surface area contributed by atoms with Crippen LogP contribution in [0.1, 0.15) is 33.1 Å². The second-order valence-electron chi connectivity index (χ2n) is 6.01. The molecule has 1 saturated carbocycles. The van der Waals surface area contributed by atoms with Crippen LogP contribution in [0, 0.1) is 5.41 Å². The summed E-state index contributed by atoms with van der Waals surface area (Å²) in [4.78, 5) is 0. The van der Waals surface area contributed by atoms with Crippen molar-refractivity contribution >= 4 is 5.69 Å². The van der Waals surface area contributed by atoms with Gasteiger partial charge >= 0.3 is 6.18 Å². The van der Waals surface area contributed by atoms with Gasteiger partial charge in [-0.15, -0.1) is 0 Å². The molecular weight excluding hydrogens is 267 g/mol. The molecule has 0 spiro atoms. The van der Waals surface area contributed by atoms with E-state index in [9.17, 15) is 13.2 Å². The summed E-state index contributed by atoms with van der Waals surface area (Å²) in [6.07, 6.45) is -0.779. The van der Waals surface area contributed by atoms with Crippen LogP contribution in [0.4, 0.5) is 18.9 Å². The van der Waals surface area contributed by atoms with Gasteiger partial charge in [-0.05, 0) is 42.5 Å². The predicted molar refractivity (Wildman–Crippen MR) is 73.0 cm³/mol. The zero-order valence-electron chi connectivity index (χ0n) is 11.8. The molecule has 1 aromatic carbocycles. The molecule has 20 heavy (non-hydrogen) atoms. The summed E-state index contributed by atoms with van der Waals surface area (Å²) in [5, 5.41) is 3.45. The van der Waals surface area contributed by atoms with E-state index in [1.165, 1.54) is 12.8 Å². The topological polar surface area (TPSA) is 21.3 Å². The number of anilines is 1. The highest BCUT2D eigenvalue weighted by Gasteiger charge is 2.34. The first-order valence-corrected chi connectivity index (χ1v) is 6.82. The first-order valence-electron chi connectivity index (χ1n) is 6.82. The number of nitrogens with one attached hydrogen (secondary N) is 1. The Morgan fingerprint density at radius 1 is 1.25 bits per heavy atom. The molecule has 0 aromatic heterocycles. The summed E-state index contributed by atoms with van der Waals surface area (Å²) in [6.45, 7) is 3.21. The predicted octanol–water partition coefficient (Wildman–Crippen LogP) is 4.62. The fourth-order valence-corrected chi connectivity index (χ4v) is 2.61. The molecule has 1 aliphatic carbocycles. The number of alkyl halides is 3. The highest BCUT2D eigenvalue weighted by Crippen LogP contribution is 2.39. The van der Waals surface area contributed by atoms with E-state index in [1.54, 1.807) is 24.3 Å². The molecule has 0 saturated heterocycles. The second-order valence-corrected chi connectivity index (χ2v) is 6.01. The van der Waals surface area contributed by atoms with Crippen molar-refractivity contribution in [3.63, 3.8) is 0 Å². The summed E-state index contributed by atoms with van der Waals surface area (Å²) in [5.41, 5.74) is 1.18. The van der Waals surface area contributed by atoms with Crippen molar-refractivity contribution in [2.24, 2.45) is 5.41 Å². The smallest absolute Gasteiger partial charge is 0.422 e. The highest BCUT2D eigenvalue weighted by atomic mass is 19.4. The van der Waals surface area contributed by atoms with E-state index < -0.39 is 12.8 Å². The Bertz CT molecular complexity index is 439. The van der Waals surface area contributed by atoms with Crippen LogP contribution in [0.15, 0.2) is 24.3 Å². The van der Waals surface area contributed by atoms with E-state index in [2.05, 4.69) is 23.9 Å². The zero-order valence-corrected chi connectivity index (χ0v) is 11.8. The molecule has 2 rings (SSSR count). The molecule has 1 fully saturated rings. The average molecular weight is 287 g/mol. The maximum atomic E-state index is 12.0. The van der Waals surface area contributed by atoms with Crippen molar-refractivity contribution in [2.45, 2.75) is 45.3 Å². The molecule has 112 valence electrons. The molecule has 1 unspecified atom stereocenters. The number of halogens is 3. The van der Waals surface area contributed by atoms with Crippen LogP contribution in [0.25, 0.3) is 0 Å². The Kier molecular flexibility index (Phi) is 4.16. The van der Waals surface area contributed by atoms with Crippen molar-refractivity contribution in [2.75, 3.05) is 11.9 Å². The van der Waals surface area contributed by atoms with Crippen LogP contribution in [0.5, 0.6) is 5.75 Å². The lowest BCUT2D eigenvalue weighted by atomic mass is 9.87. The number of benzene rings is 1. The average Bonchev–Trinajstić information content (AvgIpc) is 2.67. The van der Waals surface area contributed by atoms with Crippen LogP contribution < -0.4 is 10.1 Å². The number of hydrogen-bond acceptors (Lipinski definition) is 2. The minimum absolute atomic E-state index is 0.235. The van der Waals surface area contributed by atoms with Crippen molar-refractivity contribution in [1.29, 1.82) is 0 Å². The van der Waals surface area contributed by atoms with Gasteiger partial charge in [0.25, 0.3) is 0 Å². The van der Waals surface area contributed by atoms with Crippen LogP contribution in [-0.2, 0) is 0 Å². The Morgan fingerprint density at radius 2 is 1.90 bits per heavy atom. The number of rotatable bonds is 4. The van der Waals surface area contributed by atoms with Crippen molar-refractivity contribution in [3.8, 4) is 5.75 Å². The summed E-state index contributed by atoms with van der Waals surface area (Å²) in [5.74, 6) is 0.235. The van der Waals surface area contributed by atoms with Gasteiger partial charge in [-0.3, -0.25) is 0 Å². The fourth-order valence-electron chi connectivity index (χ4n) is 2.61. The molecular formula is C15H20F3NO. The molecule has 0 aliphatic heterocycles. The van der Waals surface area contributed by atoms with Gasteiger partial charge in [0.1, 0.15) is 5.75 Å². The Morgan fingerprint density at radius 3 is 2.40 bits per heavy atom. The van der Waals surface area contributed by atoms with E-state index in [4.69, 9.17) is 0 Å². The highest BCUT2D eigenvalue weighted by molar-refractivity contribution is 5.47. The normalized spacial score (nSPS) is 21.8. The summed E-state index contributed by atoms with van der Waals surface area (Å²) in [7, 11) is 0. The van der Waals surface area contributed by atoms with Crippen molar-refractivity contribution < 1.29 is 17.9 Å². The van der Waals surface area contributed by atoms with Crippen molar-refractivity contribution in [1.82, 2.24) is 0 Å². The minimum Gasteiger partial charge on any atom is -0.484 e. The zero-order chi connectivity index (χ0) is 14.8. The molecule has 1 atom stereocenters. The number of ether oxygens (including phenoxy) is 1. The molecule has 1 aliphatic rings. The van der Waals surface area contributed by atoms with E-state index >= 15 is 0 Å². The first kappa shape index (κ1) is 15.0. The van der Waals surface area contributed by atoms with Gasteiger partial charge in [-0.25, -0.2) is 0 Å². The molecule has 2 nitrogen and oxygen atoms in total. The SMILES string of the molecule is CC1(C)CCCC1Nc1ccc(OCC(F)(F)F)cc1. The molecule has 0 heterocycles. The minimum atomic E-state index is -4.30. The summed E-state index contributed by atoms with van der Waals surface area (Å²) < 4.78 is 40.8. The summed E-state index contributed by atoms with van der Waals surface area (Å²) in [6, 6.07) is 7.07. The molecule has 0 bridgehead atoms. The van der Waals surface area contributed by atoms with Gasteiger partial charge in [-0.2, -0.15) is 13.2 Å². The Balaban J connectivity index is 1.92. The lowest BCUT2D eigenvalue weighted by molar-refractivity contribution is -0.153. The largest absolute Gasteiger partial charge is 0.484 e. The van der Waals surface area contributed by atoms with Gasteiger partial charge in [-0.1, -0.05) is 20.3 Å². The van der Waals surface area contributed by atoms with Crippen LogP contribution in [-0.4, -0.2) is 18.8 Å². The quantitative estimate of drug-likeness (QED) is 0.872. The fraction of sp³-hybridized carbons (Fsp3) is 0.600. The van der Waals surface area contributed by atoms with E-state index in [-0.39, 0.29) is 11.2 Å². The van der Waals surface area contributed by atoms with Gasteiger partial charge in [0.15, 0.2) is 6.61 Å². The molecule has 1 aromatic rings. The maximum Gasteiger partial charge on any atom is 0.422 e. The van der Waals surface area contributed by atoms with Crippen LogP contribution >= 0.6 is 0 Å². The van der Waals surface area contributed by atoms with Crippen LogP contribution in [0.3, 0.4) is 0 Å². The van der Waals surface area contributed by atoms with Gasteiger partial charge in [0.05, 0.1) is 0 Å². The third kappa shape index (κ3) is 4.05. The lowest BCUT2D eigenvalue weighted by Crippen LogP contribution is -2.30. The van der Waals surface area contributed by atoms with Crippen LogP contribution in [0.2, 0.25) is 0 Å². The molecule has 0 radical (unpaired) electrons. The van der Waals surface area contributed by atoms with Gasteiger partial charge in [0, 0.05) is 11.7 Å². The molecule has 1 N–H and O–H groups in total. The van der Waals surface area contributed by atoms with Gasteiger partial charge in [0.2, 0.25) is 0 Å². The Hall–Kier alpha value is -1.39. The maximum absolute atomic E-state index is 12.0. The number of hydrogen-bond donors (Lipinski definition) is 1. The van der Waals surface area contributed by atoms with Gasteiger partial charge < -0.3 is 10.1 Å². The molecule has 0 amide bonds. The monoisotopic (exact) mass is 287 g/mol. The second kappa shape index (κ2) is 5.54. The third-order valence-electron chi connectivity index (χ3n) is 3.85. The van der Waals surface area contributed by atoms with E-state index in [0.717, 1.165) is 12.1 Å². The summed E-state index contributed by atoms with van der Waals surface area (Å²) >= 11 is 0. The van der Waals surface area contributed by atoms with Crippen molar-refractivity contribution in [3.05, 3.63) is 24.3 Å². The molecule has 5 heteroatoms. The lowest BCUT2D eigenvalue weighted by Gasteiger charge is -2.28. The third-order valence-corrected chi connectivity index (χ3v) is 3.85. The van der Waals surface area contributed by atoms with E-state index in [0.29, 0.717) is 6.04 Å². The standard InChI is InChI=1S/C15H20F3NO/c1-14(2)9-3-4-13(14)19-11-5-7-12(8-6-11)20-10-15(16,17)18/h5-8,13,19H,3-4,9-10H2,1-2H3. The Labute approximate surface area is 117 Å². The first-order chi connectivity index (χ1) is 9.26.